The lowest BCUT2D eigenvalue weighted by Gasteiger charge is -2.26. The van der Waals surface area contributed by atoms with Gasteiger partial charge in [0, 0.05) is 23.4 Å². The van der Waals surface area contributed by atoms with Gasteiger partial charge in [-0.25, -0.2) is 0 Å². The third kappa shape index (κ3) is 6.78. The average Bonchev–Trinajstić information content (AvgIpc) is 2.61. The Kier molecular flexibility index (Phi) is 7.10. The van der Waals surface area contributed by atoms with Crippen LogP contribution in [0.25, 0.3) is 0 Å². The van der Waals surface area contributed by atoms with Crippen molar-refractivity contribution in [2.75, 3.05) is 23.8 Å². The molecule has 0 aliphatic carbocycles. The number of anilines is 2. The number of hydrogen-bond acceptors (Lipinski definition) is 5. The molecular weight excluding hydrogens is 437 g/mol. The highest BCUT2D eigenvalue weighted by molar-refractivity contribution is 6.31. The number of carbonyl (C=O) groups excluding carboxylic acids is 2. The van der Waals surface area contributed by atoms with Gasteiger partial charge in [0.1, 0.15) is 17.9 Å². The molecule has 2 N–H and O–H groups in total. The normalized spacial score (nSPS) is 11.7. The SMILES string of the molecule is CN(CC(=O)OC(C)(C)C)c1ccc(NC(=O)c2cc(Cl)ccc2O)cc1C(F)(F)F. The maximum absolute atomic E-state index is 13.7. The number of benzene rings is 2. The van der Waals surface area contributed by atoms with E-state index in [0.29, 0.717) is 0 Å². The van der Waals surface area contributed by atoms with Crippen LogP contribution in [0.3, 0.4) is 0 Å². The lowest BCUT2D eigenvalue weighted by atomic mass is 10.1. The first-order valence-corrected chi connectivity index (χ1v) is 9.49. The molecule has 0 bridgehead atoms. The largest absolute Gasteiger partial charge is 0.507 e. The van der Waals surface area contributed by atoms with E-state index in [4.69, 9.17) is 16.3 Å². The van der Waals surface area contributed by atoms with Gasteiger partial charge in [-0.3, -0.25) is 9.59 Å². The Morgan fingerprint density at radius 2 is 1.77 bits per heavy atom. The third-order valence-electron chi connectivity index (χ3n) is 3.96. The Balaban J connectivity index is 2.30. The number of nitrogens with zero attached hydrogens (tertiary/aromatic N) is 1. The Morgan fingerprint density at radius 3 is 2.35 bits per heavy atom. The topological polar surface area (TPSA) is 78.9 Å². The lowest BCUT2D eigenvalue weighted by molar-refractivity contribution is -0.153. The van der Waals surface area contributed by atoms with E-state index in [1.807, 2.05) is 0 Å². The molecule has 0 heterocycles. The highest BCUT2D eigenvalue weighted by atomic mass is 35.5. The van der Waals surface area contributed by atoms with Gasteiger partial charge in [0.05, 0.1) is 11.1 Å². The molecule has 0 radical (unpaired) electrons. The fraction of sp³-hybridized carbons (Fsp3) is 0.333. The van der Waals surface area contributed by atoms with E-state index in [1.165, 1.54) is 31.3 Å². The smallest absolute Gasteiger partial charge is 0.418 e. The number of rotatable bonds is 5. The number of ether oxygens (including phenoxy) is 1. The molecule has 0 saturated heterocycles. The number of aromatic hydroxyl groups is 1. The Bertz CT molecular complexity index is 988. The second-order valence-corrected chi connectivity index (χ2v) is 8.22. The van der Waals surface area contributed by atoms with Gasteiger partial charge in [-0.05, 0) is 57.2 Å². The maximum atomic E-state index is 13.7. The molecular formula is C21H22ClF3N2O4. The number of esters is 1. The number of likely N-dealkylation sites (N-methyl/N-ethyl adjacent to an activating group) is 1. The molecule has 0 saturated carbocycles. The summed E-state index contributed by atoms with van der Waals surface area (Å²) in [5, 5.41) is 12.3. The quantitative estimate of drug-likeness (QED) is 0.610. The van der Waals surface area contributed by atoms with Crippen molar-refractivity contribution in [3.63, 3.8) is 0 Å². The molecule has 2 aromatic rings. The van der Waals surface area contributed by atoms with Crippen LogP contribution < -0.4 is 10.2 Å². The Morgan fingerprint density at radius 1 is 1.13 bits per heavy atom. The Labute approximate surface area is 182 Å². The molecule has 31 heavy (non-hydrogen) atoms. The van der Waals surface area contributed by atoms with E-state index in [0.717, 1.165) is 17.0 Å². The van der Waals surface area contributed by atoms with Crippen LogP contribution in [-0.4, -0.2) is 36.2 Å². The monoisotopic (exact) mass is 458 g/mol. The van der Waals surface area contributed by atoms with Crippen LogP contribution in [0.4, 0.5) is 24.5 Å². The number of hydrogen-bond donors (Lipinski definition) is 2. The fourth-order valence-corrected chi connectivity index (χ4v) is 2.89. The van der Waals surface area contributed by atoms with Gasteiger partial charge in [-0.2, -0.15) is 13.2 Å². The minimum atomic E-state index is -4.75. The van der Waals surface area contributed by atoms with E-state index in [-0.39, 0.29) is 27.7 Å². The predicted molar refractivity (Wildman–Crippen MR) is 112 cm³/mol. The van der Waals surface area contributed by atoms with Crippen molar-refractivity contribution < 1.29 is 32.6 Å². The number of phenols is 1. The molecule has 6 nitrogen and oxygen atoms in total. The van der Waals surface area contributed by atoms with Crippen molar-refractivity contribution in [1.29, 1.82) is 0 Å². The summed E-state index contributed by atoms with van der Waals surface area (Å²) in [5.41, 5.74) is -2.42. The maximum Gasteiger partial charge on any atom is 0.418 e. The summed E-state index contributed by atoms with van der Waals surface area (Å²) < 4.78 is 46.1. The van der Waals surface area contributed by atoms with E-state index in [1.54, 1.807) is 20.8 Å². The first-order valence-electron chi connectivity index (χ1n) is 9.11. The van der Waals surface area contributed by atoms with Crippen LogP contribution in [0, 0.1) is 0 Å². The van der Waals surface area contributed by atoms with Gasteiger partial charge in [0.25, 0.3) is 5.91 Å². The molecule has 0 atom stereocenters. The summed E-state index contributed by atoms with van der Waals surface area (Å²) in [6.07, 6.45) is -4.75. The first kappa shape index (κ1) is 24.3. The molecule has 0 aromatic heterocycles. The highest BCUT2D eigenvalue weighted by Crippen LogP contribution is 2.38. The molecule has 2 aromatic carbocycles. The molecule has 0 unspecified atom stereocenters. The Hall–Kier alpha value is -2.94. The minimum Gasteiger partial charge on any atom is -0.507 e. The molecule has 10 heteroatoms. The minimum absolute atomic E-state index is 0.147. The summed E-state index contributed by atoms with van der Waals surface area (Å²) in [5.74, 6) is -1.88. The lowest BCUT2D eigenvalue weighted by Crippen LogP contribution is -2.33. The van der Waals surface area contributed by atoms with Gasteiger partial charge >= 0.3 is 12.1 Å². The molecule has 1 amide bonds. The van der Waals surface area contributed by atoms with Crippen molar-refractivity contribution >= 4 is 34.9 Å². The molecule has 2 rings (SSSR count). The summed E-state index contributed by atoms with van der Waals surface area (Å²) in [6, 6.07) is 6.91. The van der Waals surface area contributed by atoms with Crippen molar-refractivity contribution in [2.24, 2.45) is 0 Å². The van der Waals surface area contributed by atoms with Crippen molar-refractivity contribution in [2.45, 2.75) is 32.5 Å². The number of phenolic OH excluding ortho intramolecular Hbond substituents is 1. The molecule has 0 spiro atoms. The number of nitrogens with one attached hydrogen (secondary N) is 1. The van der Waals surface area contributed by atoms with Crippen LogP contribution >= 0.6 is 11.6 Å². The van der Waals surface area contributed by atoms with Gasteiger partial charge in [0.2, 0.25) is 0 Å². The highest BCUT2D eigenvalue weighted by Gasteiger charge is 2.35. The van der Waals surface area contributed by atoms with Crippen LogP contribution in [0.2, 0.25) is 5.02 Å². The van der Waals surface area contributed by atoms with E-state index >= 15 is 0 Å². The summed E-state index contributed by atoms with van der Waals surface area (Å²) >= 11 is 5.80. The van der Waals surface area contributed by atoms with Gasteiger partial charge < -0.3 is 20.1 Å². The van der Waals surface area contributed by atoms with Gasteiger partial charge in [0.15, 0.2) is 0 Å². The molecule has 168 valence electrons. The molecule has 0 fully saturated rings. The zero-order chi connectivity index (χ0) is 23.6. The summed E-state index contributed by atoms with van der Waals surface area (Å²) in [7, 11) is 1.33. The van der Waals surface area contributed by atoms with E-state index in [9.17, 15) is 27.9 Å². The van der Waals surface area contributed by atoms with Crippen LogP contribution in [0.1, 0.15) is 36.7 Å². The zero-order valence-corrected chi connectivity index (χ0v) is 18.1. The van der Waals surface area contributed by atoms with E-state index < -0.39 is 35.8 Å². The number of amides is 1. The van der Waals surface area contributed by atoms with Gasteiger partial charge in [-0.15, -0.1) is 0 Å². The molecule has 0 aliphatic heterocycles. The standard InChI is InChI=1S/C21H22ClF3N2O4/c1-20(2,3)31-18(29)11-27(4)16-7-6-13(10-15(16)21(23,24)25)26-19(30)14-9-12(22)5-8-17(14)28/h5-10,28H,11H2,1-4H3,(H,26,30). The van der Waals surface area contributed by atoms with Crippen molar-refractivity contribution in [1.82, 2.24) is 0 Å². The summed E-state index contributed by atoms with van der Waals surface area (Å²) in [6.45, 7) is 4.56. The van der Waals surface area contributed by atoms with Crippen LogP contribution in [0.15, 0.2) is 36.4 Å². The predicted octanol–water partition coefficient (Wildman–Crippen LogP) is 5.09. The zero-order valence-electron chi connectivity index (χ0n) is 17.3. The molecule has 0 aliphatic rings. The first-order chi connectivity index (χ1) is 14.2. The van der Waals surface area contributed by atoms with Crippen LogP contribution in [-0.2, 0) is 15.7 Å². The second kappa shape index (κ2) is 9.05. The number of alkyl halides is 3. The van der Waals surface area contributed by atoms with E-state index in [2.05, 4.69) is 5.32 Å². The van der Waals surface area contributed by atoms with Crippen molar-refractivity contribution in [3.8, 4) is 5.75 Å². The number of halogens is 4. The van der Waals surface area contributed by atoms with Gasteiger partial charge in [-0.1, -0.05) is 11.6 Å². The third-order valence-corrected chi connectivity index (χ3v) is 4.20. The van der Waals surface area contributed by atoms with Crippen molar-refractivity contribution in [3.05, 3.63) is 52.5 Å². The summed E-state index contributed by atoms with van der Waals surface area (Å²) in [4.78, 5) is 25.5. The van der Waals surface area contributed by atoms with Crippen LogP contribution in [0.5, 0.6) is 5.75 Å². The second-order valence-electron chi connectivity index (χ2n) is 7.79. The fourth-order valence-electron chi connectivity index (χ4n) is 2.71. The number of carbonyl (C=O) groups is 2. The average molecular weight is 459 g/mol.